The first-order valence-electron chi connectivity index (χ1n) is 8.64. The Morgan fingerprint density at radius 3 is 2.14 bits per heavy atom. The van der Waals surface area contributed by atoms with Gasteiger partial charge in [-0.25, -0.2) is 4.79 Å². The molecule has 0 aromatic rings. The van der Waals surface area contributed by atoms with Crippen molar-refractivity contribution in [1.29, 1.82) is 0 Å². The molecule has 1 saturated heterocycles. The third-order valence-electron chi connectivity index (χ3n) is 4.74. The number of hydrogen-bond donors (Lipinski definition) is 1. The van der Waals surface area contributed by atoms with E-state index in [0.717, 1.165) is 25.9 Å². The molecule has 0 aromatic heterocycles. The number of methoxy groups -OCH3 is 1. The largest absolute Gasteiger partial charge is 0.444 e. The van der Waals surface area contributed by atoms with Gasteiger partial charge >= 0.3 is 6.09 Å². The molecule has 22 heavy (non-hydrogen) atoms. The number of likely N-dealkylation sites (tertiary alicyclic amines) is 1. The van der Waals surface area contributed by atoms with Gasteiger partial charge < -0.3 is 19.7 Å². The molecular formula is C17H32N2O3. The summed E-state index contributed by atoms with van der Waals surface area (Å²) in [5, 5.41) is 3.01. The topological polar surface area (TPSA) is 50.8 Å². The molecule has 5 nitrogen and oxygen atoms in total. The summed E-state index contributed by atoms with van der Waals surface area (Å²) >= 11 is 0. The average Bonchev–Trinajstić information content (AvgIpc) is 2.46. The van der Waals surface area contributed by atoms with Crippen molar-refractivity contribution in [2.24, 2.45) is 0 Å². The Balaban J connectivity index is 1.69. The van der Waals surface area contributed by atoms with E-state index >= 15 is 0 Å². The monoisotopic (exact) mass is 312 g/mol. The van der Waals surface area contributed by atoms with Crippen molar-refractivity contribution in [2.75, 3.05) is 20.2 Å². The Hall–Kier alpha value is -0.810. The molecular weight excluding hydrogens is 280 g/mol. The second kappa shape index (κ2) is 7.64. The van der Waals surface area contributed by atoms with Crippen LogP contribution in [-0.4, -0.2) is 55.0 Å². The van der Waals surface area contributed by atoms with E-state index in [0.29, 0.717) is 12.1 Å². The minimum absolute atomic E-state index is 0.251. The van der Waals surface area contributed by atoms with Gasteiger partial charge in [0.1, 0.15) is 5.60 Å². The SMILES string of the molecule is COC1CCC(N2CCC(NC(=O)OC(C)(C)C)CC2)CC1. The molecule has 2 aliphatic rings. The van der Waals surface area contributed by atoms with Gasteiger partial charge in [0.15, 0.2) is 0 Å². The van der Waals surface area contributed by atoms with Gasteiger partial charge in [-0.15, -0.1) is 0 Å². The summed E-state index contributed by atoms with van der Waals surface area (Å²) in [7, 11) is 1.82. The third kappa shape index (κ3) is 5.43. The number of carbonyl (C=O) groups excluding carboxylic acids is 1. The van der Waals surface area contributed by atoms with Crippen molar-refractivity contribution in [1.82, 2.24) is 10.2 Å². The van der Waals surface area contributed by atoms with Crippen molar-refractivity contribution in [2.45, 2.75) is 83.1 Å². The number of nitrogens with one attached hydrogen (secondary N) is 1. The zero-order valence-corrected chi connectivity index (χ0v) is 14.6. The Labute approximate surface area is 134 Å². The number of amides is 1. The van der Waals surface area contributed by atoms with E-state index in [9.17, 15) is 4.79 Å². The molecule has 1 heterocycles. The molecule has 0 atom stereocenters. The van der Waals surface area contributed by atoms with Gasteiger partial charge in [0, 0.05) is 32.3 Å². The molecule has 128 valence electrons. The third-order valence-corrected chi connectivity index (χ3v) is 4.74. The van der Waals surface area contributed by atoms with E-state index in [1.54, 1.807) is 0 Å². The lowest BCUT2D eigenvalue weighted by atomic mass is 9.90. The molecule has 1 aliphatic heterocycles. The number of ether oxygens (including phenoxy) is 2. The molecule has 0 spiro atoms. The summed E-state index contributed by atoms with van der Waals surface area (Å²) in [6.07, 6.45) is 7.04. The standard InChI is InChI=1S/C17H32N2O3/c1-17(2,3)22-16(20)18-13-9-11-19(12-10-13)14-5-7-15(21-4)8-6-14/h13-15H,5-12H2,1-4H3,(H,18,20). The van der Waals surface area contributed by atoms with Gasteiger partial charge in [0.05, 0.1) is 6.10 Å². The maximum absolute atomic E-state index is 11.8. The van der Waals surface area contributed by atoms with Crippen molar-refractivity contribution in [3.05, 3.63) is 0 Å². The van der Waals surface area contributed by atoms with E-state index in [1.807, 2.05) is 27.9 Å². The van der Waals surface area contributed by atoms with Gasteiger partial charge in [-0.2, -0.15) is 0 Å². The first-order valence-corrected chi connectivity index (χ1v) is 8.64. The number of piperidine rings is 1. The Kier molecular flexibility index (Phi) is 6.09. The molecule has 0 bridgehead atoms. The van der Waals surface area contributed by atoms with Gasteiger partial charge in [-0.3, -0.25) is 0 Å². The second-order valence-corrected chi connectivity index (χ2v) is 7.62. The van der Waals surface area contributed by atoms with Crippen LogP contribution in [0.5, 0.6) is 0 Å². The summed E-state index contributed by atoms with van der Waals surface area (Å²) in [5.74, 6) is 0. The van der Waals surface area contributed by atoms with Crippen LogP contribution in [0.4, 0.5) is 4.79 Å². The minimum atomic E-state index is -0.426. The molecule has 1 saturated carbocycles. The molecule has 0 unspecified atom stereocenters. The van der Waals surface area contributed by atoms with Crippen LogP contribution in [0.1, 0.15) is 59.3 Å². The van der Waals surface area contributed by atoms with E-state index in [2.05, 4.69) is 10.2 Å². The fraction of sp³-hybridized carbons (Fsp3) is 0.941. The van der Waals surface area contributed by atoms with E-state index < -0.39 is 5.60 Å². The van der Waals surface area contributed by atoms with Crippen molar-refractivity contribution >= 4 is 6.09 Å². The van der Waals surface area contributed by atoms with Crippen LogP contribution in [0.2, 0.25) is 0 Å². The quantitative estimate of drug-likeness (QED) is 0.870. The van der Waals surface area contributed by atoms with Gasteiger partial charge in [0.25, 0.3) is 0 Å². The van der Waals surface area contributed by atoms with E-state index in [4.69, 9.17) is 9.47 Å². The zero-order chi connectivity index (χ0) is 16.2. The number of rotatable bonds is 3. The zero-order valence-electron chi connectivity index (χ0n) is 14.6. The summed E-state index contributed by atoms with van der Waals surface area (Å²) in [5.41, 5.74) is -0.426. The van der Waals surface area contributed by atoms with Crippen LogP contribution >= 0.6 is 0 Å². The van der Waals surface area contributed by atoms with Gasteiger partial charge in [-0.1, -0.05) is 0 Å². The van der Waals surface area contributed by atoms with Crippen molar-refractivity contribution < 1.29 is 14.3 Å². The maximum Gasteiger partial charge on any atom is 0.407 e. The molecule has 0 radical (unpaired) electrons. The molecule has 5 heteroatoms. The molecule has 2 fully saturated rings. The van der Waals surface area contributed by atoms with Crippen LogP contribution in [0.15, 0.2) is 0 Å². The highest BCUT2D eigenvalue weighted by Crippen LogP contribution is 2.27. The van der Waals surface area contributed by atoms with Gasteiger partial charge in [-0.05, 0) is 59.3 Å². The number of hydrogen-bond acceptors (Lipinski definition) is 4. The van der Waals surface area contributed by atoms with Crippen LogP contribution in [-0.2, 0) is 9.47 Å². The highest BCUT2D eigenvalue weighted by Gasteiger charge is 2.29. The number of nitrogens with zero attached hydrogens (tertiary/aromatic N) is 1. The lowest BCUT2D eigenvalue weighted by Crippen LogP contribution is -2.49. The predicted molar refractivity (Wildman–Crippen MR) is 87.0 cm³/mol. The first-order chi connectivity index (χ1) is 10.4. The Morgan fingerprint density at radius 1 is 1.05 bits per heavy atom. The number of carbonyl (C=O) groups is 1. The van der Waals surface area contributed by atoms with Crippen LogP contribution in [0.25, 0.3) is 0 Å². The molecule has 1 aliphatic carbocycles. The fourth-order valence-corrected chi connectivity index (χ4v) is 3.53. The van der Waals surface area contributed by atoms with Crippen molar-refractivity contribution in [3.8, 4) is 0 Å². The summed E-state index contributed by atoms with van der Waals surface area (Å²) < 4.78 is 10.8. The predicted octanol–water partition coefficient (Wildman–Crippen LogP) is 2.93. The van der Waals surface area contributed by atoms with Crippen LogP contribution in [0.3, 0.4) is 0 Å². The Bertz CT molecular complexity index is 351. The molecule has 1 amide bonds. The minimum Gasteiger partial charge on any atom is -0.444 e. The maximum atomic E-state index is 11.8. The molecule has 0 aromatic carbocycles. The van der Waals surface area contributed by atoms with Crippen LogP contribution < -0.4 is 5.32 Å². The first kappa shape index (κ1) is 17.5. The smallest absolute Gasteiger partial charge is 0.407 e. The van der Waals surface area contributed by atoms with E-state index in [1.165, 1.54) is 25.7 Å². The van der Waals surface area contributed by atoms with Crippen molar-refractivity contribution in [3.63, 3.8) is 0 Å². The average molecular weight is 312 g/mol. The highest BCUT2D eigenvalue weighted by molar-refractivity contribution is 5.68. The number of alkyl carbamates (subject to hydrolysis) is 1. The lowest BCUT2D eigenvalue weighted by molar-refractivity contribution is 0.0276. The molecule has 1 N–H and O–H groups in total. The van der Waals surface area contributed by atoms with Gasteiger partial charge in [0.2, 0.25) is 0 Å². The van der Waals surface area contributed by atoms with Crippen LogP contribution in [0, 0.1) is 0 Å². The summed E-state index contributed by atoms with van der Waals surface area (Å²) in [6.45, 7) is 7.83. The summed E-state index contributed by atoms with van der Waals surface area (Å²) in [6, 6.07) is 0.954. The summed E-state index contributed by atoms with van der Waals surface area (Å²) in [4.78, 5) is 14.4. The molecule has 2 rings (SSSR count). The fourth-order valence-electron chi connectivity index (χ4n) is 3.53. The second-order valence-electron chi connectivity index (χ2n) is 7.62. The Morgan fingerprint density at radius 2 is 1.64 bits per heavy atom. The highest BCUT2D eigenvalue weighted by atomic mass is 16.6. The van der Waals surface area contributed by atoms with E-state index in [-0.39, 0.29) is 12.1 Å². The normalized spacial score (nSPS) is 28.4. The lowest BCUT2D eigenvalue weighted by Gasteiger charge is -2.40.